The first-order valence-corrected chi connectivity index (χ1v) is 5.90. The average Bonchev–Trinajstić information content (AvgIpc) is 2.31. The van der Waals surface area contributed by atoms with Crippen molar-refractivity contribution in [1.82, 2.24) is 5.32 Å². The normalized spacial score (nSPS) is 13.5. The molecule has 0 aliphatic heterocycles. The number of hydrogen-bond acceptors (Lipinski definition) is 3. The molecule has 0 spiro atoms. The van der Waals surface area contributed by atoms with Gasteiger partial charge in [-0.1, -0.05) is 17.7 Å². The van der Waals surface area contributed by atoms with Crippen LogP contribution in [0.4, 0.5) is 0 Å². The number of halogens is 1. The molecule has 1 unspecified atom stereocenters. The highest BCUT2D eigenvalue weighted by Crippen LogP contribution is 2.33. The molecule has 0 bridgehead atoms. The number of likely N-dealkylation sites (N-methyl/N-ethyl adjacent to an activating group) is 1. The first kappa shape index (κ1) is 14.3. The highest BCUT2D eigenvalue weighted by atomic mass is 35.5. The van der Waals surface area contributed by atoms with Crippen LogP contribution >= 0.6 is 11.6 Å². The van der Waals surface area contributed by atoms with Gasteiger partial charge in [0, 0.05) is 7.11 Å². The molecule has 0 radical (unpaired) electrons. The van der Waals surface area contributed by atoms with Gasteiger partial charge < -0.3 is 14.8 Å². The maximum Gasteiger partial charge on any atom is 0.137 e. The van der Waals surface area contributed by atoms with E-state index in [1.165, 1.54) is 0 Å². The lowest BCUT2D eigenvalue weighted by Gasteiger charge is -2.33. The fraction of sp³-hybridized carbons (Fsp3) is 0.538. The Balaban J connectivity index is 3.13. The molecule has 1 N–H and O–H groups in total. The largest absolute Gasteiger partial charge is 0.495 e. The van der Waals surface area contributed by atoms with Gasteiger partial charge in [-0.25, -0.2) is 0 Å². The molecule has 1 aromatic carbocycles. The van der Waals surface area contributed by atoms with E-state index in [0.29, 0.717) is 10.8 Å². The van der Waals surface area contributed by atoms with Crippen molar-refractivity contribution in [3.05, 3.63) is 28.8 Å². The molecular weight excluding hydrogens is 238 g/mol. The van der Waals surface area contributed by atoms with Crippen molar-refractivity contribution in [1.29, 1.82) is 0 Å². The van der Waals surface area contributed by atoms with E-state index in [9.17, 15) is 0 Å². The summed E-state index contributed by atoms with van der Waals surface area (Å²) in [6.45, 7) is 4.07. The fourth-order valence-electron chi connectivity index (χ4n) is 1.89. The summed E-state index contributed by atoms with van der Waals surface area (Å²) in [4.78, 5) is 0. The predicted molar refractivity (Wildman–Crippen MR) is 70.9 cm³/mol. The van der Waals surface area contributed by atoms with Crippen molar-refractivity contribution in [3.8, 4) is 5.75 Å². The average molecular weight is 258 g/mol. The lowest BCUT2D eigenvalue weighted by Crippen LogP contribution is -2.39. The Kier molecular flexibility index (Phi) is 4.80. The summed E-state index contributed by atoms with van der Waals surface area (Å²) < 4.78 is 10.7. The highest BCUT2D eigenvalue weighted by Gasteiger charge is 2.29. The summed E-state index contributed by atoms with van der Waals surface area (Å²) in [6, 6.07) is 5.82. The van der Waals surface area contributed by atoms with Gasteiger partial charge in [0.05, 0.1) is 23.8 Å². The van der Waals surface area contributed by atoms with Crippen molar-refractivity contribution in [3.63, 3.8) is 0 Å². The Labute approximate surface area is 108 Å². The van der Waals surface area contributed by atoms with Crippen molar-refractivity contribution < 1.29 is 9.47 Å². The van der Waals surface area contributed by atoms with E-state index in [1.54, 1.807) is 14.2 Å². The molecule has 17 heavy (non-hydrogen) atoms. The van der Waals surface area contributed by atoms with Crippen LogP contribution in [0.15, 0.2) is 18.2 Å². The Morgan fingerprint density at radius 2 is 1.94 bits per heavy atom. The van der Waals surface area contributed by atoms with Gasteiger partial charge in [0.15, 0.2) is 0 Å². The van der Waals surface area contributed by atoms with Crippen LogP contribution in [0.3, 0.4) is 0 Å². The van der Waals surface area contributed by atoms with Gasteiger partial charge in [-0.15, -0.1) is 0 Å². The van der Waals surface area contributed by atoms with Gasteiger partial charge in [0.1, 0.15) is 5.75 Å². The van der Waals surface area contributed by atoms with E-state index in [4.69, 9.17) is 21.1 Å². The third-order valence-corrected chi connectivity index (χ3v) is 3.33. The first-order chi connectivity index (χ1) is 7.96. The number of benzene rings is 1. The maximum atomic E-state index is 6.02. The summed E-state index contributed by atoms with van der Waals surface area (Å²) >= 11 is 6.02. The van der Waals surface area contributed by atoms with Crippen LogP contribution in [0.5, 0.6) is 5.75 Å². The molecule has 4 heteroatoms. The summed E-state index contributed by atoms with van der Waals surface area (Å²) in [5.41, 5.74) is 0.772. The molecule has 0 heterocycles. The van der Waals surface area contributed by atoms with Crippen LogP contribution in [0.2, 0.25) is 5.02 Å². The third-order valence-electron chi connectivity index (χ3n) is 3.02. The molecule has 0 fully saturated rings. The van der Waals surface area contributed by atoms with Gasteiger partial charge in [-0.2, -0.15) is 0 Å². The van der Waals surface area contributed by atoms with Gasteiger partial charge in [0.2, 0.25) is 0 Å². The second-order valence-electron chi connectivity index (χ2n) is 4.42. The smallest absolute Gasteiger partial charge is 0.137 e. The summed E-state index contributed by atoms with van der Waals surface area (Å²) in [7, 11) is 5.23. The molecule has 0 saturated heterocycles. The molecule has 3 nitrogen and oxygen atoms in total. The van der Waals surface area contributed by atoms with Crippen molar-refractivity contribution >= 4 is 11.6 Å². The Morgan fingerprint density at radius 1 is 1.29 bits per heavy atom. The van der Waals surface area contributed by atoms with Crippen LogP contribution in [0.25, 0.3) is 0 Å². The molecule has 0 aliphatic carbocycles. The Morgan fingerprint density at radius 3 is 2.41 bits per heavy atom. The number of methoxy groups -OCH3 is 2. The van der Waals surface area contributed by atoms with Crippen molar-refractivity contribution in [2.24, 2.45) is 0 Å². The molecule has 0 saturated carbocycles. The zero-order chi connectivity index (χ0) is 13.1. The minimum absolute atomic E-state index is 0.0682. The molecule has 0 aromatic heterocycles. The summed E-state index contributed by atoms with van der Waals surface area (Å²) in [5, 5.41) is 3.87. The number of hydrogen-bond donors (Lipinski definition) is 1. The number of ether oxygens (including phenoxy) is 2. The molecule has 0 amide bonds. The topological polar surface area (TPSA) is 30.5 Å². The van der Waals surface area contributed by atoms with Gasteiger partial charge in [-0.3, -0.25) is 0 Å². The Hall–Kier alpha value is -0.770. The fourth-order valence-corrected chi connectivity index (χ4v) is 2.08. The minimum atomic E-state index is -0.312. The lowest BCUT2D eigenvalue weighted by molar-refractivity contribution is -0.00902. The molecular formula is C13H20ClNO2. The van der Waals surface area contributed by atoms with E-state index in [0.717, 1.165) is 5.56 Å². The van der Waals surface area contributed by atoms with E-state index in [1.807, 2.05) is 39.1 Å². The van der Waals surface area contributed by atoms with E-state index in [2.05, 4.69) is 5.32 Å². The SMILES string of the molecule is CNC(c1ccc(Cl)c(OC)c1)C(C)(C)OC. The standard InChI is InChI=1S/C13H20ClNO2/c1-13(2,17-5)12(15-3)9-6-7-10(14)11(8-9)16-4/h6-8,12,15H,1-5H3. The van der Waals surface area contributed by atoms with Crippen LogP contribution in [-0.2, 0) is 4.74 Å². The predicted octanol–water partition coefficient (Wildman–Crippen LogP) is 3.03. The van der Waals surface area contributed by atoms with E-state index in [-0.39, 0.29) is 11.6 Å². The number of rotatable bonds is 5. The zero-order valence-corrected chi connectivity index (χ0v) is 11.8. The highest BCUT2D eigenvalue weighted by molar-refractivity contribution is 6.32. The maximum absolute atomic E-state index is 6.02. The van der Waals surface area contributed by atoms with Crippen molar-refractivity contribution in [2.45, 2.75) is 25.5 Å². The second kappa shape index (κ2) is 5.71. The molecule has 1 rings (SSSR count). The Bertz CT molecular complexity index is 380. The lowest BCUT2D eigenvalue weighted by atomic mass is 9.91. The summed E-state index contributed by atoms with van der Waals surface area (Å²) in [5.74, 6) is 0.677. The van der Waals surface area contributed by atoms with Gasteiger partial charge in [-0.05, 0) is 38.6 Å². The third kappa shape index (κ3) is 3.12. The minimum Gasteiger partial charge on any atom is -0.495 e. The van der Waals surface area contributed by atoms with Crippen LogP contribution in [0, 0.1) is 0 Å². The molecule has 96 valence electrons. The van der Waals surface area contributed by atoms with Crippen LogP contribution in [0.1, 0.15) is 25.5 Å². The summed E-state index contributed by atoms with van der Waals surface area (Å²) in [6.07, 6.45) is 0. The molecule has 1 aromatic rings. The van der Waals surface area contributed by atoms with E-state index < -0.39 is 0 Å². The van der Waals surface area contributed by atoms with Gasteiger partial charge in [0.25, 0.3) is 0 Å². The number of nitrogens with one attached hydrogen (secondary N) is 1. The first-order valence-electron chi connectivity index (χ1n) is 5.52. The van der Waals surface area contributed by atoms with Gasteiger partial charge >= 0.3 is 0 Å². The molecule has 1 atom stereocenters. The molecule has 0 aliphatic rings. The van der Waals surface area contributed by atoms with Crippen LogP contribution < -0.4 is 10.1 Å². The van der Waals surface area contributed by atoms with Crippen molar-refractivity contribution in [2.75, 3.05) is 21.3 Å². The van der Waals surface area contributed by atoms with E-state index >= 15 is 0 Å². The zero-order valence-electron chi connectivity index (χ0n) is 11.0. The second-order valence-corrected chi connectivity index (χ2v) is 4.83. The van der Waals surface area contributed by atoms with Crippen LogP contribution in [-0.4, -0.2) is 26.9 Å². The monoisotopic (exact) mass is 257 g/mol. The quantitative estimate of drug-likeness (QED) is 0.880.